The minimum atomic E-state index is -0.743. The lowest BCUT2D eigenvalue weighted by Gasteiger charge is -2.19. The number of anilines is 1. The highest BCUT2D eigenvalue weighted by atomic mass is 16.5. The van der Waals surface area contributed by atoms with Crippen LogP contribution in [-0.2, 0) is 16.2 Å². The molecule has 8 heteroatoms. The summed E-state index contributed by atoms with van der Waals surface area (Å²) in [5, 5.41) is 5.55. The molecule has 1 saturated carbocycles. The van der Waals surface area contributed by atoms with Crippen molar-refractivity contribution in [2.45, 2.75) is 44.2 Å². The van der Waals surface area contributed by atoms with Crippen LogP contribution in [0.2, 0.25) is 0 Å². The van der Waals surface area contributed by atoms with Crippen LogP contribution in [0.3, 0.4) is 0 Å². The van der Waals surface area contributed by atoms with E-state index in [1.54, 1.807) is 12.1 Å². The topological polar surface area (TPSA) is 101 Å². The molecule has 2 fully saturated rings. The van der Waals surface area contributed by atoms with Crippen LogP contribution in [0.4, 0.5) is 10.5 Å². The van der Waals surface area contributed by atoms with E-state index in [4.69, 9.17) is 4.74 Å². The molecule has 0 atom stereocenters. The predicted molar refractivity (Wildman–Crippen MR) is 110 cm³/mol. The number of carbonyl (C=O) groups excluding carboxylic acids is 3. The first kappa shape index (κ1) is 19.9. The first-order chi connectivity index (χ1) is 14.6. The third kappa shape index (κ3) is 4.27. The molecular formula is C22H24N4O4. The van der Waals surface area contributed by atoms with Crippen LogP contribution in [0.25, 0.3) is 0 Å². The number of hydrogen-bond acceptors (Lipinski definition) is 5. The third-order valence-corrected chi connectivity index (χ3v) is 5.52. The van der Waals surface area contributed by atoms with Gasteiger partial charge < -0.3 is 15.4 Å². The van der Waals surface area contributed by atoms with E-state index in [2.05, 4.69) is 15.6 Å². The fourth-order valence-corrected chi connectivity index (χ4v) is 3.90. The SMILES string of the molecule is O=C(CCN1C(=O)NC2(CCCC2)C1=O)Nc1ccc(OCc2ccccc2)nc1. The quantitative estimate of drug-likeness (QED) is 0.686. The Morgan fingerprint density at radius 3 is 2.60 bits per heavy atom. The number of nitrogens with one attached hydrogen (secondary N) is 2. The molecule has 8 nitrogen and oxygen atoms in total. The summed E-state index contributed by atoms with van der Waals surface area (Å²) in [6, 6.07) is 12.7. The molecule has 2 heterocycles. The number of carbonyl (C=O) groups is 3. The minimum Gasteiger partial charge on any atom is -0.473 e. The lowest BCUT2D eigenvalue weighted by atomic mass is 9.98. The molecule has 1 aromatic heterocycles. The number of ether oxygens (including phenoxy) is 1. The number of aromatic nitrogens is 1. The number of benzene rings is 1. The molecule has 30 heavy (non-hydrogen) atoms. The summed E-state index contributed by atoms with van der Waals surface area (Å²) in [7, 11) is 0. The fraction of sp³-hybridized carbons (Fsp3) is 0.364. The number of rotatable bonds is 7. The molecule has 2 aliphatic rings. The Balaban J connectivity index is 1.25. The average molecular weight is 408 g/mol. The second-order valence-electron chi connectivity index (χ2n) is 7.63. The maximum Gasteiger partial charge on any atom is 0.325 e. The summed E-state index contributed by atoms with van der Waals surface area (Å²) in [6.45, 7) is 0.469. The molecule has 0 unspecified atom stereocenters. The van der Waals surface area contributed by atoms with Gasteiger partial charge in [0.1, 0.15) is 12.1 Å². The Kier molecular flexibility index (Phi) is 5.65. The van der Waals surface area contributed by atoms with Crippen LogP contribution < -0.4 is 15.4 Å². The normalized spacial score (nSPS) is 17.3. The maximum absolute atomic E-state index is 12.6. The first-order valence-electron chi connectivity index (χ1n) is 10.1. The average Bonchev–Trinajstić information content (AvgIpc) is 3.32. The van der Waals surface area contributed by atoms with Crippen molar-refractivity contribution in [3.05, 3.63) is 54.2 Å². The van der Waals surface area contributed by atoms with Gasteiger partial charge in [-0.3, -0.25) is 14.5 Å². The Morgan fingerprint density at radius 1 is 1.13 bits per heavy atom. The second-order valence-corrected chi connectivity index (χ2v) is 7.63. The van der Waals surface area contributed by atoms with E-state index in [1.807, 2.05) is 30.3 Å². The smallest absolute Gasteiger partial charge is 0.325 e. The monoisotopic (exact) mass is 408 g/mol. The van der Waals surface area contributed by atoms with Crippen molar-refractivity contribution in [2.24, 2.45) is 0 Å². The Hall–Kier alpha value is -3.42. The largest absolute Gasteiger partial charge is 0.473 e. The second kappa shape index (κ2) is 8.52. The van der Waals surface area contributed by atoms with Crippen LogP contribution in [0.15, 0.2) is 48.7 Å². The van der Waals surface area contributed by atoms with E-state index in [9.17, 15) is 14.4 Å². The molecule has 4 rings (SSSR count). The first-order valence-corrected chi connectivity index (χ1v) is 10.1. The van der Waals surface area contributed by atoms with Crippen LogP contribution in [0, 0.1) is 0 Å². The van der Waals surface area contributed by atoms with Gasteiger partial charge in [0.05, 0.1) is 11.9 Å². The predicted octanol–water partition coefficient (Wildman–Crippen LogP) is 2.85. The minimum absolute atomic E-state index is 0.0293. The van der Waals surface area contributed by atoms with Crippen molar-refractivity contribution in [3.63, 3.8) is 0 Å². The lowest BCUT2D eigenvalue weighted by molar-refractivity contribution is -0.131. The van der Waals surface area contributed by atoms with Gasteiger partial charge in [-0.1, -0.05) is 43.2 Å². The molecule has 1 spiro atoms. The lowest BCUT2D eigenvalue weighted by Crippen LogP contribution is -2.44. The van der Waals surface area contributed by atoms with Crippen LogP contribution in [0.1, 0.15) is 37.7 Å². The van der Waals surface area contributed by atoms with Crippen molar-refractivity contribution in [1.82, 2.24) is 15.2 Å². The number of imide groups is 1. The van der Waals surface area contributed by atoms with E-state index in [0.717, 1.165) is 23.3 Å². The summed E-state index contributed by atoms with van der Waals surface area (Å²) in [5.41, 5.74) is 0.820. The van der Waals surface area contributed by atoms with Gasteiger partial charge >= 0.3 is 6.03 Å². The summed E-state index contributed by atoms with van der Waals surface area (Å²) < 4.78 is 5.62. The van der Waals surface area contributed by atoms with Crippen LogP contribution >= 0.6 is 0 Å². The maximum atomic E-state index is 12.6. The third-order valence-electron chi connectivity index (χ3n) is 5.52. The fourth-order valence-electron chi connectivity index (χ4n) is 3.90. The van der Waals surface area contributed by atoms with Crippen molar-refractivity contribution < 1.29 is 19.1 Å². The van der Waals surface area contributed by atoms with Crippen molar-refractivity contribution in [3.8, 4) is 5.88 Å². The molecule has 0 radical (unpaired) electrons. The number of pyridine rings is 1. The summed E-state index contributed by atoms with van der Waals surface area (Å²) >= 11 is 0. The highest BCUT2D eigenvalue weighted by Crippen LogP contribution is 2.35. The highest BCUT2D eigenvalue weighted by Gasteiger charge is 2.52. The van der Waals surface area contributed by atoms with Gasteiger partial charge in [0.25, 0.3) is 5.91 Å². The van der Waals surface area contributed by atoms with Crippen molar-refractivity contribution in [1.29, 1.82) is 0 Å². The van der Waals surface area contributed by atoms with Gasteiger partial charge in [0.2, 0.25) is 11.8 Å². The number of nitrogens with zero attached hydrogens (tertiary/aromatic N) is 2. The summed E-state index contributed by atoms with van der Waals surface area (Å²) in [4.78, 5) is 42.4. The zero-order valence-corrected chi connectivity index (χ0v) is 16.6. The zero-order chi connectivity index (χ0) is 21.0. The van der Waals surface area contributed by atoms with Gasteiger partial charge in [0, 0.05) is 19.0 Å². The van der Waals surface area contributed by atoms with E-state index in [0.29, 0.717) is 31.0 Å². The molecule has 1 saturated heterocycles. The molecule has 1 aliphatic carbocycles. The Morgan fingerprint density at radius 2 is 1.90 bits per heavy atom. The van der Waals surface area contributed by atoms with Gasteiger partial charge in [-0.2, -0.15) is 0 Å². The van der Waals surface area contributed by atoms with Gasteiger partial charge in [-0.25, -0.2) is 9.78 Å². The van der Waals surface area contributed by atoms with Gasteiger partial charge in [-0.05, 0) is 24.5 Å². The molecule has 4 amide bonds. The molecule has 156 valence electrons. The number of amides is 4. The zero-order valence-electron chi connectivity index (χ0n) is 16.6. The summed E-state index contributed by atoms with van der Waals surface area (Å²) in [5.74, 6) is -0.0415. The molecule has 2 N–H and O–H groups in total. The van der Waals surface area contributed by atoms with Crippen LogP contribution in [0.5, 0.6) is 5.88 Å². The molecule has 0 bridgehead atoms. The molecule has 1 aromatic carbocycles. The molecule has 2 aromatic rings. The van der Waals surface area contributed by atoms with Crippen molar-refractivity contribution in [2.75, 3.05) is 11.9 Å². The standard InChI is InChI=1S/C22H24N4O4/c27-18(10-13-26-20(28)22(25-21(26)29)11-4-5-12-22)24-17-8-9-19(23-14-17)30-15-16-6-2-1-3-7-16/h1-3,6-9,14H,4-5,10-13,15H2,(H,24,27)(H,25,29). The Bertz CT molecular complexity index is 924. The van der Waals surface area contributed by atoms with E-state index < -0.39 is 11.6 Å². The molecule has 1 aliphatic heterocycles. The van der Waals surface area contributed by atoms with E-state index in [1.165, 1.54) is 6.20 Å². The molecular weight excluding hydrogens is 384 g/mol. The van der Waals surface area contributed by atoms with E-state index >= 15 is 0 Å². The highest BCUT2D eigenvalue weighted by molar-refractivity contribution is 6.07. The van der Waals surface area contributed by atoms with Gasteiger partial charge in [0.15, 0.2) is 0 Å². The Labute approximate surface area is 174 Å². The van der Waals surface area contributed by atoms with Gasteiger partial charge in [-0.15, -0.1) is 0 Å². The summed E-state index contributed by atoms with van der Waals surface area (Å²) in [6.07, 6.45) is 4.74. The van der Waals surface area contributed by atoms with E-state index in [-0.39, 0.29) is 24.8 Å². The van der Waals surface area contributed by atoms with Crippen molar-refractivity contribution >= 4 is 23.5 Å². The number of urea groups is 1. The number of hydrogen-bond donors (Lipinski definition) is 2. The van der Waals surface area contributed by atoms with Crippen LogP contribution in [-0.4, -0.2) is 39.8 Å².